The summed E-state index contributed by atoms with van der Waals surface area (Å²) in [5.41, 5.74) is -0.601. The van der Waals surface area contributed by atoms with Crippen LogP contribution in [0.3, 0.4) is 0 Å². The Morgan fingerprint density at radius 1 is 1.03 bits per heavy atom. The molecule has 0 aliphatic heterocycles. The van der Waals surface area contributed by atoms with Crippen LogP contribution in [0.15, 0.2) is 67.3 Å². The van der Waals surface area contributed by atoms with Crippen molar-refractivity contribution in [1.29, 1.82) is 0 Å². The van der Waals surface area contributed by atoms with Crippen molar-refractivity contribution in [2.24, 2.45) is 10.2 Å². The van der Waals surface area contributed by atoms with Gasteiger partial charge in [0, 0.05) is 16.8 Å². The number of benzene rings is 2. The maximum absolute atomic E-state index is 12.7. The van der Waals surface area contributed by atoms with Crippen molar-refractivity contribution in [1.82, 2.24) is 9.78 Å². The van der Waals surface area contributed by atoms with E-state index >= 15 is 0 Å². The number of hydrogen-bond donors (Lipinski definition) is 0. The number of hydrogen-bond acceptors (Lipinski definition) is 10. The summed E-state index contributed by atoms with van der Waals surface area (Å²) < 4.78 is 56.7. The summed E-state index contributed by atoms with van der Waals surface area (Å²) in [6.45, 7) is 1.49. The molecule has 0 spiro atoms. The van der Waals surface area contributed by atoms with E-state index in [-0.39, 0.29) is 90.3 Å². The van der Waals surface area contributed by atoms with Crippen molar-refractivity contribution in [3.63, 3.8) is 0 Å². The molecule has 0 radical (unpaired) electrons. The smallest absolute Gasteiger partial charge is 0.871 e. The quantitative estimate of drug-likeness (QED) is 0.152. The van der Waals surface area contributed by atoms with E-state index in [1.807, 2.05) is 0 Å². The Bertz CT molecular complexity index is 1450. The molecule has 0 unspecified atom stereocenters. The minimum atomic E-state index is -4.52. The molecule has 1 aromatic heterocycles. The predicted octanol–water partition coefficient (Wildman–Crippen LogP) is -1.45. The van der Waals surface area contributed by atoms with E-state index in [9.17, 15) is 31.3 Å². The normalized spacial score (nSPS) is 11.7. The van der Waals surface area contributed by atoms with Gasteiger partial charge in [-0.25, -0.2) is 16.8 Å². The molecule has 11 nitrogen and oxygen atoms in total. The number of nitrogens with zero attached hydrogens (tertiary/aromatic N) is 4. The van der Waals surface area contributed by atoms with Crippen LogP contribution in [0.4, 0.5) is 11.4 Å². The van der Waals surface area contributed by atoms with Gasteiger partial charge in [0.25, 0.3) is 5.56 Å². The predicted molar refractivity (Wildman–Crippen MR) is 109 cm³/mol. The van der Waals surface area contributed by atoms with Gasteiger partial charge in [-0.2, -0.15) is 5.11 Å². The van der Waals surface area contributed by atoms with E-state index in [2.05, 4.69) is 15.3 Å². The molecule has 0 fully saturated rings. The Labute approximate surface area is 225 Å². The fraction of sp³-hybridized carbons (Fsp3) is 0.118. The summed E-state index contributed by atoms with van der Waals surface area (Å²) in [7, 11) is -7.96. The number of aryl methyl sites for hydroxylation is 1. The SMILES string of the molecule is Cc1[n-]n(-c2ccc(SS(=O)(=O)[O-])cc2)c(=O)c1N=Nc1cc(S(C)(=O)=O)ccc1[O-].[Cr+2].[Na+]. The minimum Gasteiger partial charge on any atom is -0.871 e. The molecule has 0 N–H and O–H groups in total. The maximum atomic E-state index is 12.7. The summed E-state index contributed by atoms with van der Waals surface area (Å²) in [5.74, 6) is -0.574. The van der Waals surface area contributed by atoms with Crippen LogP contribution in [0.2, 0.25) is 0 Å². The summed E-state index contributed by atoms with van der Waals surface area (Å²) in [4.78, 5) is 12.7. The molecule has 0 saturated carbocycles. The van der Waals surface area contributed by atoms with Gasteiger partial charge >= 0.3 is 46.9 Å². The van der Waals surface area contributed by atoms with Crippen LogP contribution in [0.5, 0.6) is 5.75 Å². The van der Waals surface area contributed by atoms with Gasteiger partial charge in [-0.3, -0.25) is 4.79 Å². The van der Waals surface area contributed by atoms with Crippen molar-refractivity contribution in [2.45, 2.75) is 16.7 Å². The molecule has 0 atom stereocenters. The van der Waals surface area contributed by atoms with Gasteiger partial charge < -0.3 is 19.4 Å². The summed E-state index contributed by atoms with van der Waals surface area (Å²) in [6, 6.07) is 8.73. The topological polar surface area (TPSA) is 175 Å². The Balaban J connectivity index is 0.00000272. The molecule has 2 aromatic carbocycles. The van der Waals surface area contributed by atoms with E-state index in [0.717, 1.165) is 29.1 Å². The molecular formula is C17H13CrN4NaO7S3. The molecular weight excluding hydrogens is 543 g/mol. The van der Waals surface area contributed by atoms with Crippen LogP contribution >= 0.6 is 10.8 Å². The largest absolute Gasteiger partial charge is 2.00 e. The van der Waals surface area contributed by atoms with Crippen LogP contribution in [0, 0.1) is 6.92 Å². The first-order valence-corrected chi connectivity index (χ1v) is 12.9. The average molecular weight is 556 g/mol. The number of rotatable bonds is 6. The first kappa shape index (κ1) is 29.6. The number of aromatic nitrogens is 2. The standard InChI is InChI=1S/C17H16N4O7S3.Cr.Na/c1-10-16(19-18-14-9-13(30(2,24)25)7-8-15(14)22)17(23)21(20-10)11-3-5-12(6-4-11)29-31(26,27)28;;/h3-9H,1-2H3,(H3,18,19,20,22,23,26,27,28);;/q;+2;+1/p-3. The van der Waals surface area contributed by atoms with Crippen LogP contribution < -0.4 is 45.3 Å². The molecule has 168 valence electrons. The van der Waals surface area contributed by atoms with Gasteiger partial charge in [0.05, 0.1) is 10.6 Å². The van der Waals surface area contributed by atoms with Crippen LogP contribution in [-0.2, 0) is 36.3 Å². The molecule has 16 heteroatoms. The average Bonchev–Trinajstić information content (AvgIpc) is 2.93. The second-order valence-corrected chi connectivity index (χ2v) is 11.4. The first-order chi connectivity index (χ1) is 14.3. The molecule has 0 aliphatic rings. The van der Waals surface area contributed by atoms with Crippen molar-refractivity contribution in [2.75, 3.05) is 6.26 Å². The van der Waals surface area contributed by atoms with E-state index < -0.39 is 30.3 Å². The molecule has 0 aliphatic carbocycles. The fourth-order valence-electron chi connectivity index (χ4n) is 2.46. The third kappa shape index (κ3) is 7.54. The van der Waals surface area contributed by atoms with Crippen LogP contribution in [-0.4, -0.2) is 32.3 Å². The fourth-order valence-corrected chi connectivity index (χ4v) is 4.62. The van der Waals surface area contributed by atoms with Gasteiger partial charge in [-0.15, -0.1) is 10.8 Å². The van der Waals surface area contributed by atoms with Crippen molar-refractivity contribution in [3.05, 3.63) is 58.5 Å². The Hall–Kier alpha value is -1.41. The number of sulfone groups is 1. The second-order valence-electron chi connectivity index (χ2n) is 6.24. The zero-order valence-corrected chi connectivity index (χ0v) is 23.0. The Morgan fingerprint density at radius 3 is 2.18 bits per heavy atom. The molecule has 3 rings (SSSR count). The second kappa shape index (κ2) is 11.3. The zero-order valence-electron chi connectivity index (χ0n) is 17.3. The van der Waals surface area contributed by atoms with Gasteiger partial charge in [0.1, 0.15) is 5.69 Å². The van der Waals surface area contributed by atoms with E-state index in [1.54, 1.807) is 0 Å². The molecule has 3 aromatic rings. The molecule has 0 bridgehead atoms. The Morgan fingerprint density at radius 2 is 1.64 bits per heavy atom. The molecule has 33 heavy (non-hydrogen) atoms. The summed E-state index contributed by atoms with van der Waals surface area (Å²) >= 11 is 0. The third-order valence-corrected chi connectivity index (χ3v) is 6.85. The van der Waals surface area contributed by atoms with Crippen molar-refractivity contribution in [3.8, 4) is 11.4 Å². The van der Waals surface area contributed by atoms with Crippen LogP contribution in [0.1, 0.15) is 5.69 Å². The van der Waals surface area contributed by atoms with Gasteiger partial charge in [0.2, 0.25) is 0 Å². The van der Waals surface area contributed by atoms with Gasteiger partial charge in [-0.05, 0) is 47.2 Å². The van der Waals surface area contributed by atoms with E-state index in [0.29, 0.717) is 0 Å². The van der Waals surface area contributed by atoms with Crippen molar-refractivity contribution < 1.29 is 73.4 Å². The summed E-state index contributed by atoms with van der Waals surface area (Å²) in [5, 5.41) is 23.5. The maximum Gasteiger partial charge on any atom is 2.00 e. The molecule has 0 saturated heterocycles. The first-order valence-electron chi connectivity index (χ1n) is 8.30. The van der Waals surface area contributed by atoms with E-state index in [1.165, 1.54) is 31.2 Å². The molecule has 1 heterocycles. The van der Waals surface area contributed by atoms with Gasteiger partial charge in [-0.1, -0.05) is 18.7 Å². The van der Waals surface area contributed by atoms with Crippen molar-refractivity contribution >= 4 is 41.2 Å². The minimum absolute atomic E-state index is 0. The monoisotopic (exact) mass is 556 g/mol. The van der Waals surface area contributed by atoms with Gasteiger partial charge in [0.15, 0.2) is 19.0 Å². The number of azo groups is 1. The zero-order chi connectivity index (χ0) is 23.0. The van der Waals surface area contributed by atoms with E-state index in [4.69, 9.17) is 0 Å². The van der Waals surface area contributed by atoms with Crippen LogP contribution in [0.25, 0.3) is 5.69 Å². The molecule has 0 amide bonds. The summed E-state index contributed by atoms with van der Waals surface area (Å²) in [6.07, 6.45) is 0.980. The third-order valence-electron chi connectivity index (χ3n) is 3.88. The Kier molecular flexibility index (Phi) is 10.2.